The molecule has 1 N–H and O–H groups in total. The molecule has 0 spiro atoms. The van der Waals surface area contributed by atoms with E-state index in [1.165, 1.54) is 15.7 Å². The molecule has 0 radical (unpaired) electrons. The van der Waals surface area contributed by atoms with Crippen molar-refractivity contribution >= 4 is 29.6 Å². The number of carbonyl (C=O) groups is 3. The number of pyridine rings is 1. The first-order valence-corrected chi connectivity index (χ1v) is 5.60. The summed E-state index contributed by atoms with van der Waals surface area (Å²) in [5, 5.41) is 6.17. The number of urea groups is 1. The van der Waals surface area contributed by atoms with Crippen molar-refractivity contribution in [2.75, 3.05) is 11.4 Å². The summed E-state index contributed by atoms with van der Waals surface area (Å²) in [7, 11) is 0. The number of nitrogens with one attached hydrogen (secondary N) is 1. The van der Waals surface area contributed by atoms with Crippen molar-refractivity contribution in [1.29, 1.82) is 0 Å². The van der Waals surface area contributed by atoms with Gasteiger partial charge in [-0.25, -0.2) is 14.3 Å². The number of hydrogen-bond donors (Lipinski definition) is 1. The number of anilines is 1. The van der Waals surface area contributed by atoms with Gasteiger partial charge in [-0.3, -0.25) is 19.8 Å². The summed E-state index contributed by atoms with van der Waals surface area (Å²) in [5.74, 6) is -0.303. The van der Waals surface area contributed by atoms with E-state index in [2.05, 4.69) is 15.4 Å². The molecule has 3 amide bonds. The monoisotopic (exact) mass is 259 g/mol. The summed E-state index contributed by atoms with van der Waals surface area (Å²) < 4.78 is 1.35. The molecule has 1 fully saturated rings. The van der Waals surface area contributed by atoms with Crippen LogP contribution in [0.15, 0.2) is 18.5 Å². The van der Waals surface area contributed by atoms with Crippen molar-refractivity contribution in [2.24, 2.45) is 0 Å². The second-order valence-electron chi connectivity index (χ2n) is 4.01. The standard InChI is InChI=1S/C11H9N5O3/c17-5-7-1-2-8(10-12-6-13-16(7)10)15-4-3-9(18)14-11(15)19/h1-2,5-6H,3-4H2,(H,14,18,19). The molecule has 2 aromatic heterocycles. The molecular weight excluding hydrogens is 250 g/mol. The van der Waals surface area contributed by atoms with E-state index in [-0.39, 0.29) is 18.9 Å². The van der Waals surface area contributed by atoms with Crippen LogP contribution in [0.25, 0.3) is 5.65 Å². The number of rotatable bonds is 2. The third kappa shape index (κ3) is 1.73. The van der Waals surface area contributed by atoms with E-state index >= 15 is 0 Å². The van der Waals surface area contributed by atoms with Crippen LogP contribution in [-0.2, 0) is 4.79 Å². The maximum absolute atomic E-state index is 11.8. The van der Waals surface area contributed by atoms with Gasteiger partial charge in [-0.15, -0.1) is 0 Å². The van der Waals surface area contributed by atoms with Crippen molar-refractivity contribution in [1.82, 2.24) is 19.9 Å². The minimum Gasteiger partial charge on any atom is -0.296 e. The van der Waals surface area contributed by atoms with Crippen molar-refractivity contribution < 1.29 is 14.4 Å². The van der Waals surface area contributed by atoms with Gasteiger partial charge >= 0.3 is 6.03 Å². The lowest BCUT2D eigenvalue weighted by molar-refractivity contribution is -0.120. The second kappa shape index (κ2) is 4.16. The first kappa shape index (κ1) is 11.3. The Labute approximate surface area is 107 Å². The van der Waals surface area contributed by atoms with Crippen LogP contribution >= 0.6 is 0 Å². The molecule has 0 saturated carbocycles. The summed E-state index contributed by atoms with van der Waals surface area (Å²) in [6.45, 7) is 0.271. The molecule has 1 aliphatic rings. The minimum atomic E-state index is -0.500. The molecule has 0 aliphatic carbocycles. The Bertz CT molecular complexity index is 693. The molecule has 0 aromatic carbocycles. The zero-order valence-electron chi connectivity index (χ0n) is 9.74. The van der Waals surface area contributed by atoms with E-state index < -0.39 is 6.03 Å². The van der Waals surface area contributed by atoms with Crippen LogP contribution in [0.3, 0.4) is 0 Å². The number of aromatic nitrogens is 3. The van der Waals surface area contributed by atoms with E-state index in [0.29, 0.717) is 23.3 Å². The Balaban J connectivity index is 2.11. The number of aldehydes is 1. The molecule has 2 aromatic rings. The van der Waals surface area contributed by atoms with Gasteiger partial charge in [-0.1, -0.05) is 0 Å². The maximum Gasteiger partial charge on any atom is 0.328 e. The number of hydrogen-bond acceptors (Lipinski definition) is 5. The van der Waals surface area contributed by atoms with Crippen molar-refractivity contribution in [2.45, 2.75) is 6.42 Å². The topological polar surface area (TPSA) is 96.7 Å². The Kier molecular flexibility index (Phi) is 2.48. The van der Waals surface area contributed by atoms with Gasteiger partial charge in [-0.05, 0) is 12.1 Å². The minimum absolute atomic E-state index is 0.224. The van der Waals surface area contributed by atoms with Crippen LogP contribution in [0.1, 0.15) is 16.9 Å². The SMILES string of the molecule is O=Cc1ccc(N2CCC(=O)NC2=O)c2ncnn12. The van der Waals surface area contributed by atoms with E-state index in [1.54, 1.807) is 12.1 Å². The molecular formula is C11H9N5O3. The molecule has 0 unspecified atom stereocenters. The van der Waals surface area contributed by atoms with Crippen molar-refractivity contribution in [3.05, 3.63) is 24.2 Å². The predicted octanol–water partition coefficient (Wildman–Crippen LogP) is -0.0119. The Morgan fingerprint density at radius 3 is 2.89 bits per heavy atom. The largest absolute Gasteiger partial charge is 0.328 e. The van der Waals surface area contributed by atoms with Gasteiger partial charge in [0.25, 0.3) is 0 Å². The van der Waals surface area contributed by atoms with Gasteiger partial charge in [0.2, 0.25) is 5.91 Å². The number of carbonyl (C=O) groups excluding carboxylic acids is 3. The normalized spacial score (nSPS) is 15.7. The van der Waals surface area contributed by atoms with Gasteiger partial charge in [0.15, 0.2) is 11.9 Å². The smallest absolute Gasteiger partial charge is 0.296 e. The van der Waals surface area contributed by atoms with E-state index in [1.807, 2.05) is 0 Å². The quantitative estimate of drug-likeness (QED) is 0.765. The highest BCUT2D eigenvalue weighted by Crippen LogP contribution is 2.22. The molecule has 3 rings (SSSR count). The van der Waals surface area contributed by atoms with Gasteiger partial charge < -0.3 is 0 Å². The molecule has 8 heteroatoms. The molecule has 1 saturated heterocycles. The summed E-state index contributed by atoms with van der Waals surface area (Å²) in [5.41, 5.74) is 1.24. The van der Waals surface area contributed by atoms with Crippen LogP contribution in [0, 0.1) is 0 Å². The van der Waals surface area contributed by atoms with Gasteiger partial charge in [0, 0.05) is 13.0 Å². The van der Waals surface area contributed by atoms with Crippen molar-refractivity contribution in [3.63, 3.8) is 0 Å². The lowest BCUT2D eigenvalue weighted by atomic mass is 10.2. The van der Waals surface area contributed by atoms with E-state index in [9.17, 15) is 14.4 Å². The predicted molar refractivity (Wildman–Crippen MR) is 63.9 cm³/mol. The molecule has 19 heavy (non-hydrogen) atoms. The summed E-state index contributed by atoms with van der Waals surface area (Å²) in [6.07, 6.45) is 2.19. The number of imide groups is 1. The first-order valence-electron chi connectivity index (χ1n) is 5.60. The van der Waals surface area contributed by atoms with Gasteiger partial charge in [0.1, 0.15) is 12.0 Å². The fraction of sp³-hybridized carbons (Fsp3) is 0.182. The Hall–Kier alpha value is -2.77. The average Bonchev–Trinajstić information content (AvgIpc) is 2.87. The summed E-state index contributed by atoms with van der Waals surface area (Å²) in [6, 6.07) is 2.66. The summed E-state index contributed by atoms with van der Waals surface area (Å²) in [4.78, 5) is 39.3. The highest BCUT2D eigenvalue weighted by molar-refractivity contribution is 6.07. The lowest BCUT2D eigenvalue weighted by Gasteiger charge is -2.26. The molecule has 0 bridgehead atoms. The van der Waals surface area contributed by atoms with Crippen LogP contribution in [0.2, 0.25) is 0 Å². The third-order valence-corrected chi connectivity index (χ3v) is 2.90. The van der Waals surface area contributed by atoms with Crippen LogP contribution < -0.4 is 10.2 Å². The van der Waals surface area contributed by atoms with Gasteiger partial charge in [0.05, 0.1) is 5.69 Å². The van der Waals surface area contributed by atoms with E-state index in [4.69, 9.17) is 0 Å². The fourth-order valence-electron chi connectivity index (χ4n) is 2.01. The number of amides is 3. The highest BCUT2D eigenvalue weighted by Gasteiger charge is 2.26. The van der Waals surface area contributed by atoms with E-state index in [0.717, 1.165) is 0 Å². The zero-order chi connectivity index (χ0) is 13.4. The maximum atomic E-state index is 11.8. The second-order valence-corrected chi connectivity index (χ2v) is 4.01. The fourth-order valence-corrected chi connectivity index (χ4v) is 2.01. The van der Waals surface area contributed by atoms with Gasteiger partial charge in [-0.2, -0.15) is 5.10 Å². The van der Waals surface area contributed by atoms with Crippen molar-refractivity contribution in [3.8, 4) is 0 Å². The summed E-state index contributed by atoms with van der Waals surface area (Å²) >= 11 is 0. The molecule has 8 nitrogen and oxygen atoms in total. The third-order valence-electron chi connectivity index (χ3n) is 2.90. The lowest BCUT2D eigenvalue weighted by Crippen LogP contribution is -2.49. The average molecular weight is 259 g/mol. The zero-order valence-corrected chi connectivity index (χ0v) is 9.74. The number of fused-ring (bicyclic) bond motifs is 1. The molecule has 1 aliphatic heterocycles. The van der Waals surface area contributed by atoms with Crippen LogP contribution in [-0.4, -0.2) is 39.4 Å². The molecule has 96 valence electrons. The first-order chi connectivity index (χ1) is 9.20. The highest BCUT2D eigenvalue weighted by atomic mass is 16.2. The number of nitrogens with zero attached hydrogens (tertiary/aromatic N) is 4. The van der Waals surface area contributed by atoms with Crippen LogP contribution in [0.5, 0.6) is 0 Å². The molecule has 3 heterocycles. The Morgan fingerprint density at radius 2 is 2.16 bits per heavy atom. The molecule has 0 atom stereocenters. The van der Waals surface area contributed by atoms with Crippen LogP contribution in [0.4, 0.5) is 10.5 Å². The Morgan fingerprint density at radius 1 is 1.32 bits per heavy atom.